The van der Waals surface area contributed by atoms with E-state index < -0.39 is 0 Å². The number of hydrogen-bond acceptors (Lipinski definition) is 1. The lowest BCUT2D eigenvalue weighted by molar-refractivity contribution is -0.903. The van der Waals surface area contributed by atoms with Gasteiger partial charge >= 0.3 is 0 Å². The summed E-state index contributed by atoms with van der Waals surface area (Å²) in [5.41, 5.74) is 0.751. The van der Waals surface area contributed by atoms with Gasteiger partial charge in [-0.1, -0.05) is 18.2 Å². The summed E-state index contributed by atoms with van der Waals surface area (Å²) >= 11 is 0. The highest BCUT2D eigenvalue weighted by molar-refractivity contribution is 5.94. The van der Waals surface area contributed by atoms with Gasteiger partial charge in [-0.3, -0.25) is 4.79 Å². The van der Waals surface area contributed by atoms with Crippen LogP contribution in [-0.2, 0) is 0 Å². The summed E-state index contributed by atoms with van der Waals surface area (Å²) in [6, 6.07) is 9.41. The molecule has 1 amide bonds. The molecule has 1 saturated heterocycles. The van der Waals surface area contributed by atoms with E-state index in [4.69, 9.17) is 0 Å². The van der Waals surface area contributed by atoms with E-state index >= 15 is 0 Å². The van der Waals surface area contributed by atoms with Crippen molar-refractivity contribution >= 4 is 5.91 Å². The van der Waals surface area contributed by atoms with Gasteiger partial charge in [-0.15, -0.1) is 0 Å². The first-order valence-corrected chi connectivity index (χ1v) is 6.53. The lowest BCUT2D eigenvalue weighted by Gasteiger charge is -2.23. The Bertz CT molecular complexity index is 344. The second-order valence-electron chi connectivity index (χ2n) is 4.68. The van der Waals surface area contributed by atoms with E-state index in [-0.39, 0.29) is 5.91 Å². The number of carbonyl (C=O) groups excluding carboxylic acids is 1. The predicted octanol–water partition coefficient (Wildman–Crippen LogP) is 0.485. The molecule has 1 aliphatic heterocycles. The van der Waals surface area contributed by atoms with Crippen LogP contribution in [0.2, 0.25) is 0 Å². The Morgan fingerprint density at radius 3 is 2.53 bits per heavy atom. The lowest BCUT2D eigenvalue weighted by atomic mass is 10.1. The fourth-order valence-corrected chi connectivity index (χ4v) is 2.35. The Hall–Kier alpha value is -1.35. The summed E-state index contributed by atoms with van der Waals surface area (Å²) in [4.78, 5) is 13.4. The van der Waals surface area contributed by atoms with Crippen molar-refractivity contribution in [3.8, 4) is 0 Å². The van der Waals surface area contributed by atoms with Crippen molar-refractivity contribution in [1.29, 1.82) is 0 Å². The molecule has 1 heterocycles. The van der Waals surface area contributed by atoms with Crippen LogP contribution in [0.1, 0.15) is 29.6 Å². The molecule has 1 aromatic carbocycles. The number of benzene rings is 1. The third-order valence-electron chi connectivity index (χ3n) is 3.36. The molecule has 2 N–H and O–H groups in total. The number of quaternary nitrogens is 1. The van der Waals surface area contributed by atoms with Crippen LogP contribution in [0.15, 0.2) is 30.3 Å². The fourth-order valence-electron chi connectivity index (χ4n) is 2.35. The van der Waals surface area contributed by atoms with E-state index in [9.17, 15) is 4.79 Å². The van der Waals surface area contributed by atoms with Gasteiger partial charge in [0.05, 0.1) is 26.2 Å². The van der Waals surface area contributed by atoms with Crippen LogP contribution in [-0.4, -0.2) is 32.1 Å². The Balaban J connectivity index is 1.69. The molecule has 0 aromatic heterocycles. The van der Waals surface area contributed by atoms with Crippen molar-refractivity contribution in [1.82, 2.24) is 5.32 Å². The van der Waals surface area contributed by atoms with E-state index in [1.165, 1.54) is 32.4 Å². The van der Waals surface area contributed by atoms with Crippen molar-refractivity contribution in [2.45, 2.75) is 19.3 Å². The summed E-state index contributed by atoms with van der Waals surface area (Å²) in [6.45, 7) is 4.37. The van der Waals surface area contributed by atoms with E-state index in [2.05, 4.69) is 5.32 Å². The molecule has 0 spiro atoms. The maximum atomic E-state index is 11.8. The smallest absolute Gasteiger partial charge is 0.251 e. The molecule has 2 rings (SSSR count). The topological polar surface area (TPSA) is 33.5 Å². The van der Waals surface area contributed by atoms with Gasteiger partial charge in [-0.25, -0.2) is 0 Å². The third kappa shape index (κ3) is 3.86. The molecule has 0 saturated carbocycles. The van der Waals surface area contributed by atoms with Gasteiger partial charge in [-0.05, 0) is 31.4 Å². The number of carbonyl (C=O) groups is 1. The van der Waals surface area contributed by atoms with Crippen LogP contribution in [0.4, 0.5) is 0 Å². The number of amides is 1. The standard InChI is InChI=1S/C14H20N2O/c17-14(13-7-3-1-4-8-13)15-9-12-16-10-5-2-6-11-16/h1,3-4,7-8H,2,5-6,9-12H2,(H,15,17)/p+1. The van der Waals surface area contributed by atoms with Crippen molar-refractivity contribution in [2.75, 3.05) is 26.2 Å². The molecule has 1 aliphatic rings. The molecule has 17 heavy (non-hydrogen) atoms. The van der Waals surface area contributed by atoms with Crippen LogP contribution in [0, 0.1) is 0 Å². The monoisotopic (exact) mass is 233 g/mol. The Morgan fingerprint density at radius 1 is 1.12 bits per heavy atom. The zero-order valence-corrected chi connectivity index (χ0v) is 10.2. The van der Waals surface area contributed by atoms with Crippen LogP contribution < -0.4 is 10.2 Å². The Labute approximate surface area is 103 Å². The van der Waals surface area contributed by atoms with Gasteiger partial charge in [0.15, 0.2) is 0 Å². The highest BCUT2D eigenvalue weighted by Gasteiger charge is 2.13. The van der Waals surface area contributed by atoms with Crippen LogP contribution in [0.25, 0.3) is 0 Å². The molecule has 92 valence electrons. The highest BCUT2D eigenvalue weighted by atomic mass is 16.1. The molecule has 0 atom stereocenters. The van der Waals surface area contributed by atoms with E-state index in [1.807, 2.05) is 30.3 Å². The molecule has 0 bridgehead atoms. The Morgan fingerprint density at radius 2 is 1.82 bits per heavy atom. The van der Waals surface area contributed by atoms with Gasteiger partial charge in [0.1, 0.15) is 0 Å². The second-order valence-corrected chi connectivity index (χ2v) is 4.68. The van der Waals surface area contributed by atoms with E-state index in [0.717, 1.165) is 18.7 Å². The molecule has 0 unspecified atom stereocenters. The normalized spacial score (nSPS) is 16.7. The van der Waals surface area contributed by atoms with Crippen molar-refractivity contribution in [2.24, 2.45) is 0 Å². The summed E-state index contributed by atoms with van der Waals surface area (Å²) in [5.74, 6) is 0.0435. The zero-order valence-electron chi connectivity index (χ0n) is 10.2. The molecule has 3 heteroatoms. The van der Waals surface area contributed by atoms with Crippen LogP contribution in [0.3, 0.4) is 0 Å². The fraction of sp³-hybridized carbons (Fsp3) is 0.500. The summed E-state index contributed by atoms with van der Waals surface area (Å²) in [6.07, 6.45) is 4.05. The first kappa shape index (κ1) is 12.1. The number of hydrogen-bond donors (Lipinski definition) is 2. The van der Waals surface area contributed by atoms with Gasteiger partial charge in [0, 0.05) is 5.56 Å². The first-order chi connectivity index (χ1) is 8.36. The first-order valence-electron chi connectivity index (χ1n) is 6.53. The molecule has 1 aromatic rings. The predicted molar refractivity (Wildman–Crippen MR) is 68.2 cm³/mol. The lowest BCUT2D eigenvalue weighted by Crippen LogP contribution is -3.13. The number of nitrogens with one attached hydrogen (secondary N) is 2. The summed E-state index contributed by atoms with van der Waals surface area (Å²) in [7, 11) is 0. The Kier molecular flexibility index (Phi) is 4.56. The zero-order chi connectivity index (χ0) is 11.9. The van der Waals surface area contributed by atoms with Gasteiger partial charge in [0.2, 0.25) is 0 Å². The van der Waals surface area contributed by atoms with E-state index in [1.54, 1.807) is 4.90 Å². The average Bonchev–Trinajstić information content (AvgIpc) is 2.41. The number of likely N-dealkylation sites (tertiary alicyclic amines) is 1. The molecule has 0 aliphatic carbocycles. The van der Waals surface area contributed by atoms with Gasteiger partial charge < -0.3 is 10.2 Å². The summed E-state index contributed by atoms with van der Waals surface area (Å²) < 4.78 is 0. The summed E-state index contributed by atoms with van der Waals surface area (Å²) in [5, 5.41) is 2.99. The molecule has 3 nitrogen and oxygen atoms in total. The van der Waals surface area contributed by atoms with Crippen molar-refractivity contribution in [3.05, 3.63) is 35.9 Å². The highest BCUT2D eigenvalue weighted by Crippen LogP contribution is 1.97. The van der Waals surface area contributed by atoms with E-state index in [0.29, 0.717) is 0 Å². The maximum Gasteiger partial charge on any atom is 0.251 e. The quantitative estimate of drug-likeness (QED) is 0.779. The third-order valence-corrected chi connectivity index (χ3v) is 3.36. The van der Waals surface area contributed by atoms with Crippen LogP contribution in [0.5, 0.6) is 0 Å². The largest absolute Gasteiger partial charge is 0.346 e. The molecular weight excluding hydrogens is 212 g/mol. The number of piperidine rings is 1. The second kappa shape index (κ2) is 6.40. The van der Waals surface area contributed by atoms with Crippen molar-refractivity contribution in [3.63, 3.8) is 0 Å². The van der Waals surface area contributed by atoms with Crippen molar-refractivity contribution < 1.29 is 9.69 Å². The minimum absolute atomic E-state index is 0.0435. The molecule has 0 radical (unpaired) electrons. The minimum atomic E-state index is 0.0435. The average molecular weight is 233 g/mol. The molecule has 1 fully saturated rings. The van der Waals surface area contributed by atoms with Gasteiger partial charge in [-0.2, -0.15) is 0 Å². The maximum absolute atomic E-state index is 11.8. The SMILES string of the molecule is O=C(NCC[NH+]1CCCCC1)c1ccccc1. The molecular formula is C14H21N2O+. The minimum Gasteiger partial charge on any atom is -0.346 e. The van der Waals surface area contributed by atoms with Gasteiger partial charge in [0.25, 0.3) is 5.91 Å². The van der Waals surface area contributed by atoms with Crippen LogP contribution >= 0.6 is 0 Å². The number of rotatable bonds is 4.